The van der Waals surface area contributed by atoms with E-state index in [1.165, 1.54) is 50.3 Å². The molecule has 1 aliphatic carbocycles. The molecule has 0 bridgehead atoms. The van der Waals surface area contributed by atoms with Crippen LogP contribution in [0.4, 0.5) is 13.2 Å². The molecule has 0 radical (unpaired) electrons. The summed E-state index contributed by atoms with van der Waals surface area (Å²) in [4.78, 5) is 0. The zero-order valence-electron chi connectivity index (χ0n) is 15.4. The van der Waals surface area contributed by atoms with Gasteiger partial charge in [0.1, 0.15) is 5.75 Å². The molecule has 0 unspecified atom stereocenters. The standard InChI is InChI=1S/C22H26F3NO/c23-22(24,25)27-21-15-13-20(14-16-21)8-4-3-7-19-11-9-18(10-12-19)6-2-1-5-17-26/h1-2,5-6,13-16,18-19H,3-4,7-12H2/b5-1+,6-2+. The van der Waals surface area contributed by atoms with E-state index in [9.17, 15) is 13.2 Å². The average molecular weight is 377 g/mol. The van der Waals surface area contributed by atoms with Crippen molar-refractivity contribution in [2.75, 3.05) is 0 Å². The SMILES string of the molecule is N#C/C=C/C=C/C1CCC(CCCCc2ccc(OC(F)(F)F)cc2)CC1. The van der Waals surface area contributed by atoms with Gasteiger partial charge < -0.3 is 4.74 Å². The first-order valence-corrected chi connectivity index (χ1v) is 9.54. The summed E-state index contributed by atoms with van der Waals surface area (Å²) in [6.07, 6.45) is 12.0. The smallest absolute Gasteiger partial charge is 0.406 e. The van der Waals surface area contributed by atoms with Crippen LogP contribution in [0.25, 0.3) is 0 Å². The maximum Gasteiger partial charge on any atom is 0.573 e. The minimum atomic E-state index is -4.64. The Morgan fingerprint density at radius 2 is 1.74 bits per heavy atom. The number of nitriles is 1. The minimum absolute atomic E-state index is 0.167. The molecule has 1 fully saturated rings. The first-order chi connectivity index (χ1) is 13.0. The van der Waals surface area contributed by atoms with Crippen molar-refractivity contribution in [3.63, 3.8) is 0 Å². The lowest BCUT2D eigenvalue weighted by atomic mass is 9.79. The van der Waals surface area contributed by atoms with Crippen molar-refractivity contribution < 1.29 is 17.9 Å². The monoisotopic (exact) mass is 377 g/mol. The largest absolute Gasteiger partial charge is 0.573 e. The molecule has 1 aliphatic rings. The number of hydrogen-bond acceptors (Lipinski definition) is 2. The predicted molar refractivity (Wildman–Crippen MR) is 100 cm³/mol. The molecule has 0 amide bonds. The summed E-state index contributed by atoms with van der Waals surface area (Å²) in [5, 5.41) is 8.45. The summed E-state index contributed by atoms with van der Waals surface area (Å²) < 4.78 is 40.3. The Hall–Kier alpha value is -2.22. The first kappa shape index (κ1) is 21.1. The molecule has 5 heteroatoms. The molecule has 0 heterocycles. The van der Waals surface area contributed by atoms with Gasteiger partial charge in [-0.1, -0.05) is 43.2 Å². The summed E-state index contributed by atoms with van der Waals surface area (Å²) >= 11 is 0. The van der Waals surface area contributed by atoms with E-state index in [0.717, 1.165) is 30.7 Å². The molecule has 0 aromatic heterocycles. The number of ether oxygens (including phenoxy) is 1. The summed E-state index contributed by atoms with van der Waals surface area (Å²) in [5.41, 5.74) is 1.05. The third-order valence-corrected chi connectivity index (χ3v) is 5.04. The Labute approximate surface area is 159 Å². The van der Waals surface area contributed by atoms with Crippen molar-refractivity contribution in [1.29, 1.82) is 5.26 Å². The van der Waals surface area contributed by atoms with E-state index in [1.54, 1.807) is 18.2 Å². The van der Waals surface area contributed by atoms with Crippen LogP contribution in [-0.2, 0) is 6.42 Å². The van der Waals surface area contributed by atoms with Gasteiger partial charge >= 0.3 is 6.36 Å². The third-order valence-electron chi connectivity index (χ3n) is 5.04. The van der Waals surface area contributed by atoms with Crippen LogP contribution in [0.2, 0.25) is 0 Å². The van der Waals surface area contributed by atoms with Crippen molar-refractivity contribution in [3.8, 4) is 11.8 Å². The summed E-state index contributed by atoms with van der Waals surface area (Å²) in [6, 6.07) is 8.15. The molecule has 1 aromatic rings. The van der Waals surface area contributed by atoms with Gasteiger partial charge in [-0.25, -0.2) is 0 Å². The third kappa shape index (κ3) is 8.81. The molecule has 27 heavy (non-hydrogen) atoms. The van der Waals surface area contributed by atoms with Gasteiger partial charge in [0, 0.05) is 6.08 Å². The minimum Gasteiger partial charge on any atom is -0.406 e. The highest BCUT2D eigenvalue weighted by Gasteiger charge is 2.30. The summed E-state index contributed by atoms with van der Waals surface area (Å²) in [7, 11) is 0. The number of rotatable bonds is 8. The second-order valence-corrected chi connectivity index (χ2v) is 7.09. The van der Waals surface area contributed by atoms with E-state index < -0.39 is 6.36 Å². The molecular formula is C22H26F3NO. The maximum absolute atomic E-state index is 12.1. The number of benzene rings is 1. The predicted octanol–water partition coefficient (Wildman–Crippen LogP) is 6.74. The average Bonchev–Trinajstić information content (AvgIpc) is 2.63. The quantitative estimate of drug-likeness (QED) is 0.285. The van der Waals surface area contributed by atoms with E-state index >= 15 is 0 Å². The Bertz CT molecular complexity index is 648. The molecule has 146 valence electrons. The fraction of sp³-hybridized carbons (Fsp3) is 0.500. The van der Waals surface area contributed by atoms with Crippen LogP contribution in [0.3, 0.4) is 0 Å². The number of unbranched alkanes of at least 4 members (excludes halogenated alkanes) is 1. The summed E-state index contributed by atoms with van der Waals surface area (Å²) in [6.45, 7) is 0. The summed E-state index contributed by atoms with van der Waals surface area (Å²) in [5.74, 6) is 1.24. The topological polar surface area (TPSA) is 33.0 Å². The van der Waals surface area contributed by atoms with Crippen molar-refractivity contribution in [3.05, 3.63) is 54.1 Å². The van der Waals surface area contributed by atoms with Crippen LogP contribution < -0.4 is 4.74 Å². The van der Waals surface area contributed by atoms with Gasteiger partial charge in [-0.2, -0.15) is 5.26 Å². The van der Waals surface area contributed by atoms with Crippen LogP contribution in [0.1, 0.15) is 50.5 Å². The number of halogens is 3. The van der Waals surface area contributed by atoms with E-state index in [1.807, 2.05) is 12.1 Å². The highest BCUT2D eigenvalue weighted by Crippen LogP contribution is 2.32. The lowest BCUT2D eigenvalue weighted by Crippen LogP contribution is -2.17. The zero-order chi connectivity index (χ0) is 19.5. The van der Waals surface area contributed by atoms with Crippen molar-refractivity contribution in [2.24, 2.45) is 11.8 Å². The van der Waals surface area contributed by atoms with E-state index in [4.69, 9.17) is 5.26 Å². The zero-order valence-corrected chi connectivity index (χ0v) is 15.4. The second-order valence-electron chi connectivity index (χ2n) is 7.09. The molecule has 0 atom stereocenters. The number of nitrogens with zero attached hydrogens (tertiary/aromatic N) is 1. The van der Waals surface area contributed by atoms with Gasteiger partial charge in [-0.15, -0.1) is 13.2 Å². The Balaban J connectivity index is 1.60. The van der Waals surface area contributed by atoms with Crippen molar-refractivity contribution in [1.82, 2.24) is 0 Å². The van der Waals surface area contributed by atoms with Crippen LogP contribution in [0.5, 0.6) is 5.75 Å². The van der Waals surface area contributed by atoms with Gasteiger partial charge in [0.25, 0.3) is 0 Å². The van der Waals surface area contributed by atoms with Gasteiger partial charge in [-0.3, -0.25) is 0 Å². The van der Waals surface area contributed by atoms with E-state index in [-0.39, 0.29) is 5.75 Å². The lowest BCUT2D eigenvalue weighted by Gasteiger charge is -2.26. The van der Waals surface area contributed by atoms with E-state index in [2.05, 4.69) is 10.8 Å². The first-order valence-electron chi connectivity index (χ1n) is 9.54. The van der Waals surface area contributed by atoms with Crippen LogP contribution in [-0.4, -0.2) is 6.36 Å². The Kier molecular flexibility index (Phi) is 8.44. The highest BCUT2D eigenvalue weighted by atomic mass is 19.4. The molecule has 1 aromatic carbocycles. The van der Waals surface area contributed by atoms with Gasteiger partial charge in [0.05, 0.1) is 6.07 Å². The van der Waals surface area contributed by atoms with Gasteiger partial charge in [0.2, 0.25) is 0 Å². The number of aryl methyl sites for hydroxylation is 1. The molecule has 0 N–H and O–H groups in total. The molecule has 0 aliphatic heterocycles. The normalized spacial score (nSPS) is 20.8. The van der Waals surface area contributed by atoms with Crippen molar-refractivity contribution in [2.45, 2.75) is 57.7 Å². The Morgan fingerprint density at radius 3 is 2.37 bits per heavy atom. The van der Waals surface area contributed by atoms with Crippen LogP contribution >= 0.6 is 0 Å². The maximum atomic E-state index is 12.1. The Morgan fingerprint density at radius 1 is 1.04 bits per heavy atom. The molecule has 2 rings (SSSR count). The molecule has 0 spiro atoms. The second kappa shape index (κ2) is 10.8. The van der Waals surface area contributed by atoms with E-state index in [0.29, 0.717) is 5.92 Å². The van der Waals surface area contributed by atoms with Gasteiger partial charge in [0.15, 0.2) is 0 Å². The van der Waals surface area contributed by atoms with Crippen molar-refractivity contribution >= 4 is 0 Å². The molecular weight excluding hydrogens is 351 g/mol. The van der Waals surface area contributed by atoms with Crippen LogP contribution in [0, 0.1) is 23.2 Å². The van der Waals surface area contributed by atoms with Crippen LogP contribution in [0.15, 0.2) is 48.6 Å². The number of hydrogen-bond donors (Lipinski definition) is 0. The fourth-order valence-electron chi connectivity index (χ4n) is 3.61. The number of alkyl halides is 3. The van der Waals surface area contributed by atoms with Gasteiger partial charge in [-0.05, 0) is 68.1 Å². The molecule has 0 saturated heterocycles. The molecule has 1 saturated carbocycles. The lowest BCUT2D eigenvalue weighted by molar-refractivity contribution is -0.274. The number of allylic oxidation sites excluding steroid dienone is 4. The fourth-order valence-corrected chi connectivity index (χ4v) is 3.61. The molecule has 2 nitrogen and oxygen atoms in total. The highest BCUT2D eigenvalue weighted by molar-refractivity contribution is 5.27.